The van der Waals surface area contributed by atoms with Crippen LogP contribution >= 0.6 is 0 Å². The fourth-order valence-corrected chi connectivity index (χ4v) is 1.76. The van der Waals surface area contributed by atoms with Crippen LogP contribution in [0.4, 0.5) is 0 Å². The van der Waals surface area contributed by atoms with Gasteiger partial charge in [0.15, 0.2) is 0 Å². The zero-order valence-electron chi connectivity index (χ0n) is 11.6. The van der Waals surface area contributed by atoms with Gasteiger partial charge in [-0.3, -0.25) is 14.6 Å². The van der Waals surface area contributed by atoms with Crippen LogP contribution in [0.3, 0.4) is 0 Å². The second kappa shape index (κ2) is 6.87. The molecule has 0 aliphatic carbocycles. The van der Waals surface area contributed by atoms with Gasteiger partial charge in [0.05, 0.1) is 5.56 Å². The van der Waals surface area contributed by atoms with E-state index >= 15 is 0 Å². The van der Waals surface area contributed by atoms with Gasteiger partial charge in [0.1, 0.15) is 0 Å². The second-order valence-electron chi connectivity index (χ2n) is 4.78. The minimum atomic E-state index is -0.840. The molecule has 0 aliphatic rings. The topological polar surface area (TPSA) is 70.5 Å². The third-order valence-corrected chi connectivity index (χ3v) is 2.83. The summed E-state index contributed by atoms with van der Waals surface area (Å²) in [5.41, 5.74) is 1.40. The molecule has 0 atom stereocenters. The van der Waals surface area contributed by atoms with Gasteiger partial charge in [0.25, 0.3) is 5.91 Å². The highest BCUT2D eigenvalue weighted by atomic mass is 16.4. The Morgan fingerprint density at radius 1 is 1.37 bits per heavy atom. The van der Waals surface area contributed by atoms with E-state index in [0.29, 0.717) is 18.5 Å². The maximum atomic E-state index is 12.3. The first kappa shape index (κ1) is 15.1. The molecule has 0 aromatic carbocycles. The van der Waals surface area contributed by atoms with Crippen LogP contribution in [0.1, 0.15) is 42.7 Å². The van der Waals surface area contributed by atoms with Crippen LogP contribution in [0, 0.1) is 6.92 Å². The van der Waals surface area contributed by atoms with Gasteiger partial charge in [0.2, 0.25) is 0 Å². The van der Waals surface area contributed by atoms with Crippen molar-refractivity contribution in [3.8, 4) is 0 Å². The Kier molecular flexibility index (Phi) is 5.48. The van der Waals surface area contributed by atoms with Gasteiger partial charge in [-0.05, 0) is 39.3 Å². The molecule has 0 radical (unpaired) electrons. The molecule has 0 bridgehead atoms. The van der Waals surface area contributed by atoms with E-state index in [2.05, 4.69) is 4.98 Å². The van der Waals surface area contributed by atoms with Crippen LogP contribution in [0.15, 0.2) is 18.3 Å². The molecule has 19 heavy (non-hydrogen) atoms. The van der Waals surface area contributed by atoms with Crippen molar-refractivity contribution in [2.24, 2.45) is 0 Å². The molecule has 5 nitrogen and oxygen atoms in total. The Balaban J connectivity index is 2.72. The number of carboxylic acids is 1. The van der Waals surface area contributed by atoms with Crippen LogP contribution in [0.2, 0.25) is 0 Å². The summed E-state index contributed by atoms with van der Waals surface area (Å²) in [5, 5.41) is 8.64. The molecule has 5 heteroatoms. The third-order valence-electron chi connectivity index (χ3n) is 2.83. The predicted molar refractivity (Wildman–Crippen MR) is 72.0 cm³/mol. The summed E-state index contributed by atoms with van der Waals surface area (Å²) in [6.45, 7) is 6.14. The lowest BCUT2D eigenvalue weighted by Crippen LogP contribution is -2.38. The summed E-state index contributed by atoms with van der Waals surface area (Å²) >= 11 is 0. The maximum absolute atomic E-state index is 12.3. The summed E-state index contributed by atoms with van der Waals surface area (Å²) in [6.07, 6.45) is 2.09. The molecule has 1 aromatic rings. The lowest BCUT2D eigenvalue weighted by molar-refractivity contribution is -0.137. The van der Waals surface area contributed by atoms with E-state index in [1.165, 1.54) is 0 Å². The molecular weight excluding hydrogens is 244 g/mol. The van der Waals surface area contributed by atoms with Crippen molar-refractivity contribution in [2.45, 2.75) is 39.7 Å². The summed E-state index contributed by atoms with van der Waals surface area (Å²) < 4.78 is 0. The van der Waals surface area contributed by atoms with Crippen LogP contribution in [0.5, 0.6) is 0 Å². The number of hydrogen-bond donors (Lipinski definition) is 1. The number of carboxylic acid groups (broad SMARTS) is 1. The smallest absolute Gasteiger partial charge is 0.303 e. The number of aromatic nitrogens is 1. The fraction of sp³-hybridized carbons (Fsp3) is 0.500. The molecule has 1 rings (SSSR count). The van der Waals surface area contributed by atoms with Crippen LogP contribution < -0.4 is 0 Å². The number of pyridine rings is 1. The highest BCUT2D eigenvalue weighted by Gasteiger charge is 2.18. The molecule has 0 saturated carbocycles. The number of rotatable bonds is 6. The fourth-order valence-electron chi connectivity index (χ4n) is 1.76. The van der Waals surface area contributed by atoms with Crippen molar-refractivity contribution < 1.29 is 14.7 Å². The first-order chi connectivity index (χ1) is 8.91. The van der Waals surface area contributed by atoms with E-state index in [9.17, 15) is 9.59 Å². The van der Waals surface area contributed by atoms with Gasteiger partial charge in [0, 0.05) is 30.9 Å². The molecule has 1 amide bonds. The van der Waals surface area contributed by atoms with Crippen molar-refractivity contribution in [3.05, 3.63) is 29.6 Å². The number of hydrogen-bond acceptors (Lipinski definition) is 3. The van der Waals surface area contributed by atoms with Crippen molar-refractivity contribution in [3.63, 3.8) is 0 Å². The van der Waals surface area contributed by atoms with Gasteiger partial charge in [-0.2, -0.15) is 0 Å². The Morgan fingerprint density at radius 3 is 2.53 bits per heavy atom. The average Bonchev–Trinajstić information content (AvgIpc) is 2.34. The van der Waals surface area contributed by atoms with Crippen LogP contribution in [-0.4, -0.2) is 39.5 Å². The Hall–Kier alpha value is -1.91. The molecule has 104 valence electrons. The minimum absolute atomic E-state index is 0.0302. The molecule has 1 N–H and O–H groups in total. The van der Waals surface area contributed by atoms with Crippen molar-refractivity contribution in [1.82, 2.24) is 9.88 Å². The zero-order chi connectivity index (χ0) is 14.4. The molecule has 0 spiro atoms. The quantitative estimate of drug-likeness (QED) is 0.854. The number of carbonyl (C=O) groups is 2. The van der Waals surface area contributed by atoms with E-state index in [1.54, 1.807) is 23.2 Å². The summed E-state index contributed by atoms with van der Waals surface area (Å²) in [5.74, 6) is -0.943. The Bertz CT molecular complexity index is 441. The van der Waals surface area contributed by atoms with Gasteiger partial charge in [-0.15, -0.1) is 0 Å². The monoisotopic (exact) mass is 264 g/mol. The van der Waals surface area contributed by atoms with E-state index < -0.39 is 5.97 Å². The van der Waals surface area contributed by atoms with Crippen molar-refractivity contribution in [1.29, 1.82) is 0 Å². The van der Waals surface area contributed by atoms with Gasteiger partial charge in [-0.25, -0.2) is 0 Å². The number of nitrogens with zero attached hydrogens (tertiary/aromatic N) is 2. The number of aryl methyl sites for hydroxylation is 1. The van der Waals surface area contributed by atoms with Gasteiger partial charge < -0.3 is 10.0 Å². The maximum Gasteiger partial charge on any atom is 0.303 e. The highest BCUT2D eigenvalue weighted by molar-refractivity contribution is 5.94. The lowest BCUT2D eigenvalue weighted by atomic mass is 10.2. The van der Waals surface area contributed by atoms with Crippen molar-refractivity contribution >= 4 is 11.9 Å². The van der Waals surface area contributed by atoms with E-state index in [4.69, 9.17) is 5.11 Å². The standard InChI is InChI=1S/C14H20N2O3/c1-10(2)16(8-4-5-13(17)18)14(19)12-7-6-11(3)15-9-12/h6-7,9-10H,4-5,8H2,1-3H3,(H,17,18). The van der Waals surface area contributed by atoms with Crippen molar-refractivity contribution in [2.75, 3.05) is 6.54 Å². The zero-order valence-corrected chi connectivity index (χ0v) is 11.6. The number of amides is 1. The first-order valence-electron chi connectivity index (χ1n) is 6.37. The molecule has 0 fully saturated rings. The summed E-state index contributed by atoms with van der Waals surface area (Å²) in [7, 11) is 0. The molecule has 1 heterocycles. The molecular formula is C14H20N2O3. The number of aliphatic carboxylic acids is 1. The largest absolute Gasteiger partial charge is 0.481 e. The van der Waals surface area contributed by atoms with E-state index in [1.807, 2.05) is 20.8 Å². The normalized spacial score (nSPS) is 10.5. The molecule has 1 aromatic heterocycles. The number of carbonyl (C=O) groups excluding carboxylic acids is 1. The molecule has 0 aliphatic heterocycles. The Labute approximate surface area is 113 Å². The van der Waals surface area contributed by atoms with Gasteiger partial charge >= 0.3 is 5.97 Å². The van der Waals surface area contributed by atoms with Crippen LogP contribution in [0.25, 0.3) is 0 Å². The molecule has 0 saturated heterocycles. The van der Waals surface area contributed by atoms with Gasteiger partial charge in [-0.1, -0.05) is 0 Å². The SMILES string of the molecule is Cc1ccc(C(=O)N(CCCC(=O)O)C(C)C)cn1. The highest BCUT2D eigenvalue weighted by Crippen LogP contribution is 2.10. The average molecular weight is 264 g/mol. The van der Waals surface area contributed by atoms with E-state index in [0.717, 1.165) is 5.69 Å². The Morgan fingerprint density at radius 2 is 2.05 bits per heavy atom. The summed E-state index contributed by atoms with van der Waals surface area (Å²) in [4.78, 5) is 28.6. The van der Waals surface area contributed by atoms with Crippen LogP contribution in [-0.2, 0) is 4.79 Å². The molecule has 0 unspecified atom stereocenters. The van der Waals surface area contributed by atoms with E-state index in [-0.39, 0.29) is 18.4 Å². The first-order valence-corrected chi connectivity index (χ1v) is 6.37. The predicted octanol–water partition coefficient (Wildman–Crippen LogP) is 2.11. The summed E-state index contributed by atoms with van der Waals surface area (Å²) in [6, 6.07) is 3.57. The second-order valence-corrected chi connectivity index (χ2v) is 4.78. The lowest BCUT2D eigenvalue weighted by Gasteiger charge is -2.26. The third kappa shape index (κ3) is 4.69. The minimum Gasteiger partial charge on any atom is -0.481 e.